The Morgan fingerprint density at radius 2 is 2.12 bits per heavy atom. The zero-order chi connectivity index (χ0) is 11.7. The van der Waals surface area contributed by atoms with Crippen molar-refractivity contribution in [1.29, 1.82) is 0 Å². The molecule has 4 nitrogen and oxygen atoms in total. The van der Waals surface area contributed by atoms with E-state index in [0.717, 1.165) is 0 Å². The quantitative estimate of drug-likeness (QED) is 0.724. The normalized spacial score (nSPS) is 10.4. The molecule has 0 radical (unpaired) electrons. The van der Waals surface area contributed by atoms with Gasteiger partial charge in [0.05, 0.1) is 11.3 Å². The van der Waals surface area contributed by atoms with E-state index < -0.39 is 5.82 Å². The number of hydrogen-bond acceptors (Lipinski definition) is 3. The molecule has 0 atom stereocenters. The molecule has 0 fully saturated rings. The smallest absolute Gasteiger partial charge is 0.155 e. The number of benzene rings is 1. The van der Waals surface area contributed by atoms with E-state index in [1.807, 2.05) is 0 Å². The van der Waals surface area contributed by atoms with E-state index >= 15 is 0 Å². The van der Waals surface area contributed by atoms with Crippen LogP contribution in [0.3, 0.4) is 0 Å². The third-order valence-corrected chi connectivity index (χ3v) is 2.25. The lowest BCUT2D eigenvalue weighted by atomic mass is 10.2. The van der Waals surface area contributed by atoms with E-state index in [1.165, 1.54) is 16.8 Å². The molecule has 2 rings (SSSR count). The molecule has 1 aromatic carbocycles. The molecule has 0 saturated heterocycles. The summed E-state index contributed by atoms with van der Waals surface area (Å²) in [4.78, 5) is 14.9. The molecule has 2 aromatic rings. The van der Waals surface area contributed by atoms with Crippen LogP contribution in [0.5, 0.6) is 0 Å². The summed E-state index contributed by atoms with van der Waals surface area (Å²) in [6.07, 6.45) is 0.487. The van der Waals surface area contributed by atoms with Crippen molar-refractivity contribution in [3.63, 3.8) is 0 Å². The second-order valence-corrected chi connectivity index (χ2v) is 3.41. The van der Waals surface area contributed by atoms with E-state index in [1.54, 1.807) is 19.9 Å². The van der Waals surface area contributed by atoms with Gasteiger partial charge in [-0.15, -0.1) is 0 Å². The third kappa shape index (κ3) is 1.60. The van der Waals surface area contributed by atoms with E-state index in [4.69, 9.17) is 0 Å². The van der Waals surface area contributed by atoms with Gasteiger partial charge in [-0.3, -0.25) is 4.79 Å². The topological polar surface area (TPSA) is 47.8 Å². The predicted octanol–water partition coefficient (Wildman–Crippen LogP) is 1.84. The van der Waals surface area contributed by atoms with Gasteiger partial charge in [-0.2, -0.15) is 5.10 Å². The van der Waals surface area contributed by atoms with E-state index in [0.29, 0.717) is 23.6 Å². The lowest BCUT2D eigenvalue weighted by Crippen LogP contribution is -2.05. The molecule has 0 aliphatic rings. The standard InChI is InChI=1S/C11H10FN3O/c1-7-13-8(2)15(14-7)11-5-3-4-10(12)9(11)6-16/h3-6H,1-2H3. The van der Waals surface area contributed by atoms with E-state index in [-0.39, 0.29) is 5.56 Å². The Bertz CT molecular complexity index is 548. The molecule has 1 heterocycles. The van der Waals surface area contributed by atoms with Gasteiger partial charge in [-0.25, -0.2) is 14.1 Å². The summed E-state index contributed by atoms with van der Waals surface area (Å²) in [6.45, 7) is 3.49. The van der Waals surface area contributed by atoms with Crippen LogP contribution in [0.4, 0.5) is 4.39 Å². The Labute approximate surface area is 91.7 Å². The van der Waals surface area contributed by atoms with Gasteiger partial charge in [-0.1, -0.05) is 6.07 Å². The summed E-state index contributed by atoms with van der Waals surface area (Å²) >= 11 is 0. The van der Waals surface area contributed by atoms with Crippen LogP contribution in [-0.2, 0) is 0 Å². The van der Waals surface area contributed by atoms with Crippen LogP contribution in [0.15, 0.2) is 18.2 Å². The first-order valence-electron chi connectivity index (χ1n) is 4.78. The summed E-state index contributed by atoms with van der Waals surface area (Å²) < 4.78 is 14.8. The average molecular weight is 219 g/mol. The maximum Gasteiger partial charge on any atom is 0.155 e. The maximum atomic E-state index is 13.4. The number of rotatable bonds is 2. The summed E-state index contributed by atoms with van der Waals surface area (Å²) in [5.74, 6) is 0.643. The monoisotopic (exact) mass is 219 g/mol. The summed E-state index contributed by atoms with van der Waals surface area (Å²) in [7, 11) is 0. The molecule has 0 aliphatic heterocycles. The van der Waals surface area contributed by atoms with Crippen LogP contribution in [0, 0.1) is 19.7 Å². The van der Waals surface area contributed by atoms with Crippen LogP contribution in [0.25, 0.3) is 5.69 Å². The van der Waals surface area contributed by atoms with Crippen molar-refractivity contribution in [2.24, 2.45) is 0 Å². The fraction of sp³-hybridized carbons (Fsp3) is 0.182. The van der Waals surface area contributed by atoms with Gasteiger partial charge in [0, 0.05) is 0 Å². The Morgan fingerprint density at radius 3 is 2.69 bits per heavy atom. The van der Waals surface area contributed by atoms with E-state index in [2.05, 4.69) is 10.1 Å². The van der Waals surface area contributed by atoms with Gasteiger partial charge < -0.3 is 0 Å². The van der Waals surface area contributed by atoms with Gasteiger partial charge in [0.1, 0.15) is 17.5 Å². The van der Waals surface area contributed by atoms with Crippen molar-refractivity contribution < 1.29 is 9.18 Å². The lowest BCUT2D eigenvalue weighted by Gasteiger charge is -2.06. The SMILES string of the molecule is Cc1nc(C)n(-c2cccc(F)c2C=O)n1. The second kappa shape index (κ2) is 3.84. The van der Waals surface area contributed by atoms with Crippen molar-refractivity contribution >= 4 is 6.29 Å². The van der Waals surface area contributed by atoms with Crippen molar-refractivity contribution in [1.82, 2.24) is 14.8 Å². The Balaban J connectivity index is 2.68. The molecule has 1 aromatic heterocycles. The molecule has 5 heteroatoms. The number of carbonyl (C=O) groups is 1. The van der Waals surface area contributed by atoms with Crippen LogP contribution >= 0.6 is 0 Å². The zero-order valence-corrected chi connectivity index (χ0v) is 8.94. The first kappa shape index (κ1) is 10.5. The van der Waals surface area contributed by atoms with Crippen molar-refractivity contribution in [2.75, 3.05) is 0 Å². The van der Waals surface area contributed by atoms with Gasteiger partial charge in [0.25, 0.3) is 0 Å². The Hall–Kier alpha value is -2.04. The first-order chi connectivity index (χ1) is 7.63. The Kier molecular flexibility index (Phi) is 2.52. The molecule has 0 aliphatic carbocycles. The molecule has 0 N–H and O–H groups in total. The van der Waals surface area contributed by atoms with Gasteiger partial charge in [0.2, 0.25) is 0 Å². The highest BCUT2D eigenvalue weighted by molar-refractivity contribution is 5.81. The van der Waals surface area contributed by atoms with Crippen LogP contribution in [-0.4, -0.2) is 21.1 Å². The van der Waals surface area contributed by atoms with Crippen molar-refractivity contribution in [2.45, 2.75) is 13.8 Å². The number of aldehydes is 1. The number of nitrogens with zero attached hydrogens (tertiary/aromatic N) is 3. The predicted molar refractivity (Wildman–Crippen MR) is 56.2 cm³/mol. The highest BCUT2D eigenvalue weighted by atomic mass is 19.1. The van der Waals surface area contributed by atoms with Crippen molar-refractivity contribution in [3.05, 3.63) is 41.2 Å². The summed E-state index contributed by atoms with van der Waals surface area (Å²) in [5.41, 5.74) is 0.406. The number of aromatic nitrogens is 3. The molecule has 0 bridgehead atoms. The van der Waals surface area contributed by atoms with Gasteiger partial charge in [-0.05, 0) is 26.0 Å². The van der Waals surface area contributed by atoms with E-state index in [9.17, 15) is 9.18 Å². The maximum absolute atomic E-state index is 13.4. The molecule has 0 amide bonds. The zero-order valence-electron chi connectivity index (χ0n) is 8.94. The van der Waals surface area contributed by atoms with Crippen LogP contribution in [0.2, 0.25) is 0 Å². The number of hydrogen-bond donors (Lipinski definition) is 0. The highest BCUT2D eigenvalue weighted by Gasteiger charge is 2.12. The fourth-order valence-corrected chi connectivity index (χ4v) is 1.58. The molecule has 0 saturated carbocycles. The van der Waals surface area contributed by atoms with Gasteiger partial charge in [0.15, 0.2) is 6.29 Å². The molecule has 0 unspecified atom stereocenters. The number of aryl methyl sites for hydroxylation is 2. The minimum Gasteiger partial charge on any atom is -0.298 e. The largest absolute Gasteiger partial charge is 0.298 e. The highest BCUT2D eigenvalue weighted by Crippen LogP contribution is 2.16. The number of halogens is 1. The summed E-state index contributed by atoms with van der Waals surface area (Å²) in [6, 6.07) is 4.41. The molecule has 82 valence electrons. The first-order valence-corrected chi connectivity index (χ1v) is 4.78. The van der Waals surface area contributed by atoms with Gasteiger partial charge >= 0.3 is 0 Å². The Morgan fingerprint density at radius 1 is 1.38 bits per heavy atom. The number of carbonyl (C=O) groups excluding carboxylic acids is 1. The third-order valence-electron chi connectivity index (χ3n) is 2.25. The fourth-order valence-electron chi connectivity index (χ4n) is 1.58. The molecular formula is C11H10FN3O. The van der Waals surface area contributed by atoms with Crippen LogP contribution in [0.1, 0.15) is 22.0 Å². The van der Waals surface area contributed by atoms with Crippen LogP contribution < -0.4 is 0 Å². The average Bonchev–Trinajstić information content (AvgIpc) is 2.57. The van der Waals surface area contributed by atoms with Crippen molar-refractivity contribution in [3.8, 4) is 5.69 Å². The second-order valence-electron chi connectivity index (χ2n) is 3.41. The minimum atomic E-state index is -0.556. The summed E-state index contributed by atoms with van der Waals surface area (Å²) in [5, 5.41) is 4.11. The minimum absolute atomic E-state index is 0.00417. The molecule has 0 spiro atoms. The lowest BCUT2D eigenvalue weighted by molar-refractivity contribution is 0.111. The molecule has 16 heavy (non-hydrogen) atoms. The molecular weight excluding hydrogens is 209 g/mol.